The number of rotatable bonds is 4. The lowest BCUT2D eigenvalue weighted by atomic mass is 10.2. The van der Waals surface area contributed by atoms with Crippen molar-refractivity contribution in [3.8, 4) is 5.69 Å². The average Bonchev–Trinajstić information content (AvgIpc) is 2.72. The van der Waals surface area contributed by atoms with E-state index < -0.39 is 0 Å². The number of benzene rings is 1. The number of aryl methyl sites for hydroxylation is 1. The number of carbonyl (C=O) groups is 1. The summed E-state index contributed by atoms with van der Waals surface area (Å²) < 4.78 is 7.05. The molecule has 0 fully saturated rings. The van der Waals surface area contributed by atoms with Crippen LogP contribution in [0.25, 0.3) is 5.69 Å². The van der Waals surface area contributed by atoms with Gasteiger partial charge in [0.25, 0.3) is 0 Å². The minimum Gasteiger partial charge on any atom is -0.450 e. The Labute approximate surface area is 119 Å². The molecule has 0 bridgehead atoms. The van der Waals surface area contributed by atoms with Gasteiger partial charge in [-0.2, -0.15) is 0 Å². The fourth-order valence-electron chi connectivity index (χ4n) is 2.33. The first kappa shape index (κ1) is 14.2. The topological polar surface area (TPSA) is 43.3 Å². The van der Waals surface area contributed by atoms with Crippen LogP contribution in [-0.2, 0) is 11.3 Å². The highest BCUT2D eigenvalue weighted by molar-refractivity contribution is 5.67. The SMILES string of the molecule is CCOC(=O)NCc1cc(C)n(-c2ccccc2)c1C. The number of carbonyl (C=O) groups excluding carboxylic acids is 1. The molecule has 0 aliphatic carbocycles. The smallest absolute Gasteiger partial charge is 0.407 e. The quantitative estimate of drug-likeness (QED) is 0.927. The number of hydrogen-bond acceptors (Lipinski definition) is 2. The second-order valence-electron chi connectivity index (χ2n) is 4.64. The first-order valence-electron chi connectivity index (χ1n) is 6.77. The van der Waals surface area contributed by atoms with Crippen LogP contribution >= 0.6 is 0 Å². The third kappa shape index (κ3) is 3.02. The Kier molecular flexibility index (Phi) is 4.45. The Bertz CT molecular complexity index is 588. The van der Waals surface area contributed by atoms with Crippen molar-refractivity contribution in [3.63, 3.8) is 0 Å². The molecule has 106 valence electrons. The fourth-order valence-corrected chi connectivity index (χ4v) is 2.33. The fraction of sp³-hybridized carbons (Fsp3) is 0.312. The van der Waals surface area contributed by atoms with Gasteiger partial charge in [-0.05, 0) is 44.5 Å². The van der Waals surface area contributed by atoms with E-state index in [1.807, 2.05) is 18.2 Å². The summed E-state index contributed by atoms with van der Waals surface area (Å²) in [5.74, 6) is 0. The van der Waals surface area contributed by atoms with E-state index >= 15 is 0 Å². The zero-order valence-electron chi connectivity index (χ0n) is 12.1. The van der Waals surface area contributed by atoms with Crippen LogP contribution in [0, 0.1) is 13.8 Å². The summed E-state index contributed by atoms with van der Waals surface area (Å²) in [5.41, 5.74) is 4.50. The van der Waals surface area contributed by atoms with Gasteiger partial charge in [0.1, 0.15) is 0 Å². The molecule has 2 aromatic rings. The van der Waals surface area contributed by atoms with Crippen LogP contribution in [-0.4, -0.2) is 17.3 Å². The van der Waals surface area contributed by atoms with Crippen molar-refractivity contribution in [1.82, 2.24) is 9.88 Å². The third-order valence-electron chi connectivity index (χ3n) is 3.25. The van der Waals surface area contributed by atoms with E-state index in [1.54, 1.807) is 6.92 Å². The molecule has 0 saturated heterocycles. The maximum absolute atomic E-state index is 11.3. The van der Waals surface area contributed by atoms with Crippen LogP contribution < -0.4 is 5.32 Å². The molecule has 1 N–H and O–H groups in total. The largest absolute Gasteiger partial charge is 0.450 e. The summed E-state index contributed by atoms with van der Waals surface area (Å²) in [4.78, 5) is 11.3. The van der Waals surface area contributed by atoms with Crippen LogP contribution in [0.15, 0.2) is 36.4 Å². The second-order valence-corrected chi connectivity index (χ2v) is 4.64. The summed E-state index contributed by atoms with van der Waals surface area (Å²) >= 11 is 0. The number of amides is 1. The molecule has 20 heavy (non-hydrogen) atoms. The molecule has 0 aliphatic rings. The summed E-state index contributed by atoms with van der Waals surface area (Å²) in [6, 6.07) is 12.3. The molecular weight excluding hydrogens is 252 g/mol. The van der Waals surface area contributed by atoms with Crippen molar-refractivity contribution in [2.45, 2.75) is 27.3 Å². The molecule has 4 nitrogen and oxygen atoms in total. The highest BCUT2D eigenvalue weighted by Gasteiger charge is 2.11. The predicted octanol–water partition coefficient (Wildman–Crippen LogP) is 3.34. The zero-order chi connectivity index (χ0) is 14.5. The van der Waals surface area contributed by atoms with E-state index in [2.05, 4.69) is 41.9 Å². The normalized spacial score (nSPS) is 10.3. The summed E-state index contributed by atoms with van der Waals surface area (Å²) in [5, 5.41) is 2.76. The Morgan fingerprint density at radius 2 is 1.95 bits per heavy atom. The Hall–Kier alpha value is -2.23. The number of aromatic nitrogens is 1. The number of nitrogens with zero attached hydrogens (tertiary/aromatic N) is 1. The first-order valence-corrected chi connectivity index (χ1v) is 6.77. The van der Waals surface area contributed by atoms with Gasteiger partial charge >= 0.3 is 6.09 Å². The molecule has 0 unspecified atom stereocenters. The number of ether oxygens (including phenoxy) is 1. The van der Waals surface area contributed by atoms with E-state index in [0.717, 1.165) is 22.6 Å². The molecule has 0 aliphatic heterocycles. The summed E-state index contributed by atoms with van der Waals surface area (Å²) in [7, 11) is 0. The highest BCUT2D eigenvalue weighted by Crippen LogP contribution is 2.20. The van der Waals surface area contributed by atoms with Gasteiger partial charge in [0.15, 0.2) is 0 Å². The van der Waals surface area contributed by atoms with Gasteiger partial charge in [-0.25, -0.2) is 4.79 Å². The van der Waals surface area contributed by atoms with Crippen LogP contribution in [0.1, 0.15) is 23.9 Å². The predicted molar refractivity (Wildman–Crippen MR) is 79.1 cm³/mol. The van der Waals surface area contributed by atoms with Crippen LogP contribution in [0.3, 0.4) is 0 Å². The van der Waals surface area contributed by atoms with Crippen molar-refractivity contribution < 1.29 is 9.53 Å². The minimum absolute atomic E-state index is 0.378. The lowest BCUT2D eigenvalue weighted by Crippen LogP contribution is -2.23. The number of alkyl carbamates (subject to hydrolysis) is 1. The molecule has 1 aromatic heterocycles. The van der Waals surface area contributed by atoms with E-state index in [-0.39, 0.29) is 6.09 Å². The summed E-state index contributed by atoms with van der Waals surface area (Å²) in [6.45, 7) is 6.77. The van der Waals surface area contributed by atoms with Crippen molar-refractivity contribution in [2.24, 2.45) is 0 Å². The molecule has 0 atom stereocenters. The molecule has 1 amide bonds. The lowest BCUT2D eigenvalue weighted by Gasteiger charge is -2.10. The van der Waals surface area contributed by atoms with E-state index in [1.165, 1.54) is 0 Å². The Balaban J connectivity index is 2.19. The number of para-hydroxylation sites is 1. The number of nitrogens with one attached hydrogen (secondary N) is 1. The molecule has 1 heterocycles. The highest BCUT2D eigenvalue weighted by atomic mass is 16.5. The Morgan fingerprint density at radius 1 is 1.25 bits per heavy atom. The Morgan fingerprint density at radius 3 is 2.60 bits per heavy atom. The minimum atomic E-state index is -0.378. The van der Waals surface area contributed by atoms with Gasteiger partial charge < -0.3 is 14.6 Å². The molecule has 0 radical (unpaired) electrons. The van der Waals surface area contributed by atoms with Crippen LogP contribution in [0.2, 0.25) is 0 Å². The summed E-state index contributed by atoms with van der Waals surface area (Å²) in [6.07, 6.45) is -0.378. The lowest BCUT2D eigenvalue weighted by molar-refractivity contribution is 0.151. The van der Waals surface area contributed by atoms with Crippen molar-refractivity contribution >= 4 is 6.09 Å². The molecule has 1 aromatic carbocycles. The van der Waals surface area contributed by atoms with Gasteiger partial charge in [0.2, 0.25) is 0 Å². The van der Waals surface area contributed by atoms with Crippen molar-refractivity contribution in [2.75, 3.05) is 6.61 Å². The van der Waals surface area contributed by atoms with Crippen molar-refractivity contribution in [3.05, 3.63) is 53.3 Å². The first-order chi connectivity index (χ1) is 9.63. The molecule has 0 saturated carbocycles. The van der Waals surface area contributed by atoms with Gasteiger partial charge in [-0.1, -0.05) is 18.2 Å². The monoisotopic (exact) mass is 272 g/mol. The standard InChI is InChI=1S/C16H20N2O2/c1-4-20-16(19)17-11-14-10-12(2)18(13(14)3)15-8-6-5-7-9-15/h5-10H,4,11H2,1-3H3,(H,17,19). The van der Waals surface area contributed by atoms with Gasteiger partial charge in [0.05, 0.1) is 6.61 Å². The van der Waals surface area contributed by atoms with Crippen molar-refractivity contribution in [1.29, 1.82) is 0 Å². The molecule has 2 rings (SSSR count). The number of hydrogen-bond donors (Lipinski definition) is 1. The average molecular weight is 272 g/mol. The van der Waals surface area contributed by atoms with E-state index in [0.29, 0.717) is 13.2 Å². The second kappa shape index (κ2) is 6.28. The van der Waals surface area contributed by atoms with Gasteiger partial charge in [-0.15, -0.1) is 0 Å². The maximum Gasteiger partial charge on any atom is 0.407 e. The van der Waals surface area contributed by atoms with Gasteiger partial charge in [-0.3, -0.25) is 0 Å². The maximum atomic E-state index is 11.3. The molecule has 4 heteroatoms. The molecular formula is C16H20N2O2. The van der Waals surface area contributed by atoms with Crippen LogP contribution in [0.4, 0.5) is 4.79 Å². The van der Waals surface area contributed by atoms with Gasteiger partial charge in [0, 0.05) is 23.6 Å². The van der Waals surface area contributed by atoms with Crippen LogP contribution in [0.5, 0.6) is 0 Å². The van der Waals surface area contributed by atoms with E-state index in [4.69, 9.17) is 4.74 Å². The molecule has 0 spiro atoms. The zero-order valence-corrected chi connectivity index (χ0v) is 12.1. The third-order valence-corrected chi connectivity index (χ3v) is 3.25. The van der Waals surface area contributed by atoms with E-state index in [9.17, 15) is 4.79 Å².